The maximum atomic E-state index is 3.36. The zero-order valence-electron chi connectivity index (χ0n) is 7.88. The van der Waals surface area contributed by atoms with Gasteiger partial charge in [0.15, 0.2) is 0 Å². The average molecular weight is 184 g/mol. The lowest BCUT2D eigenvalue weighted by atomic mass is 9.98. The van der Waals surface area contributed by atoms with E-state index in [0.29, 0.717) is 0 Å². The Kier molecular flexibility index (Phi) is 1.60. The lowest BCUT2D eigenvalue weighted by molar-refractivity contribution is 1.27. The van der Waals surface area contributed by atoms with Crippen molar-refractivity contribution in [2.24, 2.45) is 0 Å². The fourth-order valence-corrected chi connectivity index (χ4v) is 2.00. The minimum atomic E-state index is 0.933. The van der Waals surface area contributed by atoms with Crippen LogP contribution in [0.4, 0.5) is 11.4 Å². The Labute approximate surface area is 83.3 Å². The van der Waals surface area contributed by atoms with Crippen molar-refractivity contribution in [2.75, 3.05) is 23.7 Å². The SMILES string of the molecule is C1=Cc2c(ccc3c2C=CCN3)NC1. The van der Waals surface area contributed by atoms with E-state index in [1.54, 1.807) is 0 Å². The Morgan fingerprint density at radius 1 is 0.786 bits per heavy atom. The number of hydrogen-bond acceptors (Lipinski definition) is 2. The number of anilines is 2. The minimum absolute atomic E-state index is 0.933. The predicted molar refractivity (Wildman–Crippen MR) is 61.5 cm³/mol. The van der Waals surface area contributed by atoms with Crippen LogP contribution in [0.1, 0.15) is 11.1 Å². The molecule has 0 saturated heterocycles. The third-order valence-corrected chi connectivity index (χ3v) is 2.68. The molecule has 0 saturated carbocycles. The topological polar surface area (TPSA) is 24.1 Å². The van der Waals surface area contributed by atoms with Gasteiger partial charge in [-0.05, 0) is 12.1 Å². The number of rotatable bonds is 0. The van der Waals surface area contributed by atoms with Gasteiger partial charge in [-0.2, -0.15) is 0 Å². The summed E-state index contributed by atoms with van der Waals surface area (Å²) in [5.74, 6) is 0. The molecule has 0 amide bonds. The third-order valence-electron chi connectivity index (χ3n) is 2.68. The first-order valence-electron chi connectivity index (χ1n) is 4.93. The molecule has 1 aromatic carbocycles. The van der Waals surface area contributed by atoms with Gasteiger partial charge in [-0.25, -0.2) is 0 Å². The highest BCUT2D eigenvalue weighted by atomic mass is 14.9. The van der Waals surface area contributed by atoms with E-state index in [0.717, 1.165) is 13.1 Å². The highest BCUT2D eigenvalue weighted by Gasteiger charge is 2.12. The highest BCUT2D eigenvalue weighted by molar-refractivity contribution is 5.85. The van der Waals surface area contributed by atoms with E-state index in [-0.39, 0.29) is 0 Å². The van der Waals surface area contributed by atoms with E-state index >= 15 is 0 Å². The summed E-state index contributed by atoms with van der Waals surface area (Å²) in [6.07, 6.45) is 8.71. The number of nitrogens with one attached hydrogen (secondary N) is 2. The van der Waals surface area contributed by atoms with Crippen molar-refractivity contribution in [2.45, 2.75) is 0 Å². The Bertz CT molecular complexity index is 389. The zero-order valence-corrected chi connectivity index (χ0v) is 7.88. The smallest absolute Gasteiger partial charge is 0.0423 e. The molecule has 0 fully saturated rings. The van der Waals surface area contributed by atoms with E-state index in [9.17, 15) is 0 Å². The van der Waals surface area contributed by atoms with Crippen molar-refractivity contribution in [1.29, 1.82) is 0 Å². The van der Waals surface area contributed by atoms with Crippen molar-refractivity contribution in [1.82, 2.24) is 0 Å². The summed E-state index contributed by atoms with van der Waals surface area (Å²) in [5.41, 5.74) is 5.08. The predicted octanol–water partition coefficient (Wildman–Crippen LogP) is 2.56. The summed E-state index contributed by atoms with van der Waals surface area (Å²) in [6, 6.07) is 4.29. The van der Waals surface area contributed by atoms with Crippen molar-refractivity contribution < 1.29 is 0 Å². The van der Waals surface area contributed by atoms with Crippen LogP contribution in [0.3, 0.4) is 0 Å². The van der Waals surface area contributed by atoms with Gasteiger partial charge in [-0.15, -0.1) is 0 Å². The van der Waals surface area contributed by atoms with Gasteiger partial charge in [-0.1, -0.05) is 24.3 Å². The van der Waals surface area contributed by atoms with Crippen LogP contribution in [0.2, 0.25) is 0 Å². The van der Waals surface area contributed by atoms with Crippen LogP contribution in [0, 0.1) is 0 Å². The van der Waals surface area contributed by atoms with Crippen LogP contribution in [-0.4, -0.2) is 13.1 Å². The van der Waals surface area contributed by atoms with Crippen molar-refractivity contribution in [3.63, 3.8) is 0 Å². The second-order valence-corrected chi connectivity index (χ2v) is 3.55. The molecule has 2 nitrogen and oxygen atoms in total. The van der Waals surface area contributed by atoms with Gasteiger partial charge in [-0.3, -0.25) is 0 Å². The van der Waals surface area contributed by atoms with E-state index in [4.69, 9.17) is 0 Å². The second-order valence-electron chi connectivity index (χ2n) is 3.55. The summed E-state index contributed by atoms with van der Waals surface area (Å²) < 4.78 is 0. The normalized spacial score (nSPS) is 16.6. The summed E-state index contributed by atoms with van der Waals surface area (Å²) in [5, 5.41) is 6.73. The molecular formula is C12H12N2. The maximum absolute atomic E-state index is 3.36. The van der Waals surface area contributed by atoms with E-state index < -0.39 is 0 Å². The van der Waals surface area contributed by atoms with Gasteiger partial charge in [0, 0.05) is 35.6 Å². The largest absolute Gasteiger partial charge is 0.381 e. The first kappa shape index (κ1) is 7.68. The Morgan fingerprint density at radius 2 is 1.29 bits per heavy atom. The molecule has 0 aromatic heterocycles. The first-order chi connectivity index (χ1) is 6.95. The van der Waals surface area contributed by atoms with Crippen LogP contribution in [0.5, 0.6) is 0 Å². The van der Waals surface area contributed by atoms with Crippen molar-refractivity contribution >= 4 is 23.5 Å². The molecule has 0 atom stereocenters. The molecule has 1 aromatic rings. The molecule has 2 aliphatic heterocycles. The molecule has 2 heterocycles. The van der Waals surface area contributed by atoms with Crippen molar-refractivity contribution in [3.05, 3.63) is 35.4 Å². The fourth-order valence-electron chi connectivity index (χ4n) is 2.00. The van der Waals surface area contributed by atoms with Gasteiger partial charge in [0.1, 0.15) is 0 Å². The highest BCUT2D eigenvalue weighted by Crippen LogP contribution is 2.32. The van der Waals surface area contributed by atoms with Crippen LogP contribution < -0.4 is 10.6 Å². The van der Waals surface area contributed by atoms with Crippen molar-refractivity contribution in [3.8, 4) is 0 Å². The van der Waals surface area contributed by atoms with Crippen LogP contribution in [0.15, 0.2) is 24.3 Å². The number of hydrogen-bond donors (Lipinski definition) is 2. The van der Waals surface area contributed by atoms with Gasteiger partial charge < -0.3 is 10.6 Å². The molecular weight excluding hydrogens is 172 g/mol. The first-order valence-corrected chi connectivity index (χ1v) is 4.93. The molecule has 0 radical (unpaired) electrons. The fraction of sp³-hybridized carbons (Fsp3) is 0.167. The quantitative estimate of drug-likeness (QED) is 0.647. The molecule has 2 aliphatic rings. The second kappa shape index (κ2) is 2.91. The molecule has 14 heavy (non-hydrogen) atoms. The Hall–Kier alpha value is -1.70. The zero-order chi connectivity index (χ0) is 9.38. The molecule has 70 valence electrons. The number of benzene rings is 1. The van der Waals surface area contributed by atoms with Crippen LogP contribution in [-0.2, 0) is 0 Å². The standard InChI is InChI=1S/C12H12N2/c1-3-9-10-4-2-8-14-12(10)6-5-11(9)13-7-1/h1-6,13-14H,7-8H2. The van der Waals surface area contributed by atoms with Gasteiger partial charge >= 0.3 is 0 Å². The molecule has 0 spiro atoms. The summed E-state index contributed by atoms with van der Waals surface area (Å²) in [6.45, 7) is 1.87. The lowest BCUT2D eigenvalue weighted by Crippen LogP contribution is -2.10. The van der Waals surface area contributed by atoms with E-state index in [1.165, 1.54) is 22.5 Å². The monoisotopic (exact) mass is 184 g/mol. The maximum Gasteiger partial charge on any atom is 0.0423 e. The molecule has 0 aliphatic carbocycles. The van der Waals surface area contributed by atoms with Gasteiger partial charge in [0.25, 0.3) is 0 Å². The molecule has 3 rings (SSSR count). The third kappa shape index (κ3) is 1.04. The van der Waals surface area contributed by atoms with Crippen LogP contribution >= 0.6 is 0 Å². The van der Waals surface area contributed by atoms with Crippen LogP contribution in [0.25, 0.3) is 12.2 Å². The molecule has 0 bridgehead atoms. The number of fused-ring (bicyclic) bond motifs is 3. The average Bonchev–Trinajstić information content (AvgIpc) is 2.29. The Balaban J connectivity index is 2.25. The lowest BCUT2D eigenvalue weighted by Gasteiger charge is -2.20. The van der Waals surface area contributed by atoms with E-state index in [2.05, 4.69) is 47.1 Å². The molecule has 2 heteroatoms. The van der Waals surface area contributed by atoms with E-state index in [1.807, 2.05) is 0 Å². The molecule has 2 N–H and O–H groups in total. The summed E-state index contributed by atoms with van der Waals surface area (Å²) >= 11 is 0. The Morgan fingerprint density at radius 3 is 1.79 bits per heavy atom. The van der Waals surface area contributed by atoms with Gasteiger partial charge in [0.2, 0.25) is 0 Å². The summed E-state index contributed by atoms with van der Waals surface area (Å²) in [4.78, 5) is 0. The summed E-state index contributed by atoms with van der Waals surface area (Å²) in [7, 11) is 0. The van der Waals surface area contributed by atoms with Gasteiger partial charge in [0.05, 0.1) is 0 Å². The molecule has 0 unspecified atom stereocenters. The minimum Gasteiger partial charge on any atom is -0.381 e.